The Morgan fingerprint density at radius 1 is 1.42 bits per heavy atom. The number of fused-ring (bicyclic) bond motifs is 1. The van der Waals surface area contributed by atoms with Gasteiger partial charge < -0.3 is 9.64 Å². The van der Waals surface area contributed by atoms with E-state index >= 15 is 0 Å². The molecule has 1 fully saturated rings. The van der Waals surface area contributed by atoms with Crippen molar-refractivity contribution in [2.75, 3.05) is 19.0 Å². The summed E-state index contributed by atoms with van der Waals surface area (Å²) < 4.78 is 5.47. The van der Waals surface area contributed by atoms with E-state index < -0.39 is 0 Å². The van der Waals surface area contributed by atoms with Gasteiger partial charge in [-0.05, 0) is 43.0 Å². The van der Waals surface area contributed by atoms with E-state index in [1.54, 1.807) is 0 Å². The number of carbonyl (C=O) groups excluding carboxylic acids is 1. The fourth-order valence-electron chi connectivity index (χ4n) is 2.72. The smallest absolute Gasteiger partial charge is 0.254 e. The molecule has 0 spiro atoms. The molecule has 1 aliphatic heterocycles. The van der Waals surface area contributed by atoms with E-state index in [2.05, 4.69) is 0 Å². The van der Waals surface area contributed by atoms with Crippen LogP contribution in [-0.4, -0.2) is 35.9 Å². The van der Waals surface area contributed by atoms with Crippen molar-refractivity contribution in [2.45, 2.75) is 31.7 Å². The van der Waals surface area contributed by atoms with Gasteiger partial charge in [0.15, 0.2) is 0 Å². The Hall–Kier alpha value is -1.22. The minimum Gasteiger partial charge on any atom is -0.493 e. The molecule has 2 aliphatic rings. The predicted octanol–water partition coefficient (Wildman–Crippen LogP) is 2.86. The molecule has 0 radical (unpaired) electrons. The average Bonchev–Trinajstić information content (AvgIpc) is 2.82. The van der Waals surface area contributed by atoms with Crippen LogP contribution in [0, 0.1) is 0 Å². The van der Waals surface area contributed by atoms with Gasteiger partial charge in [-0.15, -0.1) is 11.6 Å². The summed E-state index contributed by atoms with van der Waals surface area (Å²) in [6.45, 7) is 1.36. The van der Waals surface area contributed by atoms with Crippen molar-refractivity contribution in [1.29, 1.82) is 0 Å². The van der Waals surface area contributed by atoms with Crippen molar-refractivity contribution in [3.63, 3.8) is 0 Å². The van der Waals surface area contributed by atoms with Crippen LogP contribution in [0.25, 0.3) is 0 Å². The lowest BCUT2D eigenvalue weighted by Gasteiger charge is -2.37. The van der Waals surface area contributed by atoms with Crippen LogP contribution in [0.3, 0.4) is 0 Å². The van der Waals surface area contributed by atoms with E-state index in [0.29, 0.717) is 18.5 Å². The van der Waals surface area contributed by atoms with Gasteiger partial charge in [0.1, 0.15) is 5.75 Å². The van der Waals surface area contributed by atoms with Crippen LogP contribution in [0.2, 0.25) is 0 Å². The molecule has 1 aromatic rings. The van der Waals surface area contributed by atoms with Gasteiger partial charge in [0, 0.05) is 30.5 Å². The van der Waals surface area contributed by atoms with Crippen molar-refractivity contribution >= 4 is 17.5 Å². The van der Waals surface area contributed by atoms with Gasteiger partial charge in [0.25, 0.3) is 5.91 Å². The second-order valence-corrected chi connectivity index (χ2v) is 5.57. The van der Waals surface area contributed by atoms with Crippen molar-refractivity contribution in [1.82, 2.24) is 4.90 Å². The Balaban J connectivity index is 1.81. The normalized spacial score (nSPS) is 17.5. The van der Waals surface area contributed by atoms with E-state index in [-0.39, 0.29) is 5.91 Å². The highest BCUT2D eigenvalue weighted by Gasteiger charge is 2.29. The Labute approximate surface area is 118 Å². The van der Waals surface area contributed by atoms with Gasteiger partial charge in [0.05, 0.1) is 6.61 Å². The van der Waals surface area contributed by atoms with Crippen LogP contribution < -0.4 is 4.74 Å². The molecule has 3 nitrogen and oxygen atoms in total. The van der Waals surface area contributed by atoms with Crippen molar-refractivity contribution in [2.24, 2.45) is 0 Å². The number of carbonyl (C=O) groups is 1. The Morgan fingerprint density at radius 2 is 2.26 bits per heavy atom. The number of nitrogens with zero attached hydrogens (tertiary/aromatic N) is 1. The zero-order chi connectivity index (χ0) is 13.2. The molecule has 1 amide bonds. The summed E-state index contributed by atoms with van der Waals surface area (Å²) in [6, 6.07) is 6.14. The van der Waals surface area contributed by atoms with Crippen LogP contribution >= 0.6 is 11.6 Å². The molecule has 1 heterocycles. The van der Waals surface area contributed by atoms with Gasteiger partial charge in [0.2, 0.25) is 0 Å². The zero-order valence-electron chi connectivity index (χ0n) is 10.9. The fraction of sp³-hybridized carbons (Fsp3) is 0.533. The van der Waals surface area contributed by atoms with Crippen LogP contribution in [-0.2, 0) is 6.42 Å². The first-order chi connectivity index (χ1) is 9.29. The maximum Gasteiger partial charge on any atom is 0.254 e. The maximum atomic E-state index is 12.6. The van der Waals surface area contributed by atoms with Crippen LogP contribution in [0.1, 0.15) is 35.2 Å². The van der Waals surface area contributed by atoms with Crippen molar-refractivity contribution in [3.05, 3.63) is 29.3 Å². The molecular weight excluding hydrogens is 262 g/mol. The molecule has 3 rings (SSSR count). The molecule has 102 valence electrons. The van der Waals surface area contributed by atoms with E-state index in [0.717, 1.165) is 42.7 Å². The summed E-state index contributed by atoms with van der Waals surface area (Å²) in [5.41, 5.74) is 1.91. The molecule has 0 atom stereocenters. The number of halogens is 1. The topological polar surface area (TPSA) is 29.5 Å². The number of benzene rings is 1. The predicted molar refractivity (Wildman–Crippen MR) is 75.0 cm³/mol. The highest BCUT2D eigenvalue weighted by Crippen LogP contribution is 2.29. The number of amides is 1. The molecule has 19 heavy (non-hydrogen) atoms. The SMILES string of the molecule is O=C(c1ccc2c(c1)CCO2)N(CCCl)C1CCC1. The number of hydrogen-bond donors (Lipinski definition) is 0. The van der Waals surface area contributed by atoms with Gasteiger partial charge in [-0.3, -0.25) is 4.79 Å². The molecule has 1 aromatic carbocycles. The quantitative estimate of drug-likeness (QED) is 0.793. The van der Waals surface area contributed by atoms with Crippen LogP contribution in [0.4, 0.5) is 0 Å². The highest BCUT2D eigenvalue weighted by atomic mass is 35.5. The molecule has 4 heteroatoms. The van der Waals surface area contributed by atoms with E-state index in [1.165, 1.54) is 6.42 Å². The summed E-state index contributed by atoms with van der Waals surface area (Å²) in [7, 11) is 0. The lowest BCUT2D eigenvalue weighted by atomic mass is 9.91. The summed E-state index contributed by atoms with van der Waals surface area (Å²) in [6.07, 6.45) is 4.33. The maximum absolute atomic E-state index is 12.6. The minimum absolute atomic E-state index is 0.111. The fourth-order valence-corrected chi connectivity index (χ4v) is 2.91. The van der Waals surface area contributed by atoms with E-state index in [4.69, 9.17) is 16.3 Å². The van der Waals surface area contributed by atoms with E-state index in [1.807, 2.05) is 23.1 Å². The Bertz CT molecular complexity index is 485. The second kappa shape index (κ2) is 5.41. The van der Waals surface area contributed by atoms with Gasteiger partial charge in [-0.25, -0.2) is 0 Å². The Morgan fingerprint density at radius 3 is 2.95 bits per heavy atom. The first-order valence-electron chi connectivity index (χ1n) is 6.92. The molecule has 0 bridgehead atoms. The zero-order valence-corrected chi connectivity index (χ0v) is 11.7. The minimum atomic E-state index is 0.111. The highest BCUT2D eigenvalue weighted by molar-refractivity contribution is 6.18. The Kier molecular flexibility index (Phi) is 3.65. The molecule has 0 unspecified atom stereocenters. The lowest BCUT2D eigenvalue weighted by molar-refractivity contribution is 0.0598. The summed E-state index contributed by atoms with van der Waals surface area (Å²) in [5.74, 6) is 1.53. The molecular formula is C15H18ClNO2. The molecule has 0 aromatic heterocycles. The third-order valence-corrected chi connectivity index (χ3v) is 4.21. The summed E-state index contributed by atoms with van der Waals surface area (Å²) >= 11 is 5.83. The summed E-state index contributed by atoms with van der Waals surface area (Å²) in [5, 5.41) is 0. The number of rotatable bonds is 4. The molecule has 1 saturated carbocycles. The number of hydrogen-bond acceptors (Lipinski definition) is 2. The first kappa shape index (κ1) is 12.8. The molecule has 0 saturated heterocycles. The second-order valence-electron chi connectivity index (χ2n) is 5.19. The number of alkyl halides is 1. The largest absolute Gasteiger partial charge is 0.493 e. The standard InChI is InChI=1S/C15H18ClNO2/c16-7-8-17(13-2-1-3-13)15(18)12-4-5-14-11(10-12)6-9-19-14/h4-5,10,13H,1-3,6-9H2. The van der Waals surface area contributed by atoms with Crippen molar-refractivity contribution in [3.8, 4) is 5.75 Å². The average molecular weight is 280 g/mol. The lowest BCUT2D eigenvalue weighted by Crippen LogP contribution is -2.45. The van der Waals surface area contributed by atoms with Gasteiger partial charge >= 0.3 is 0 Å². The molecule has 1 aliphatic carbocycles. The van der Waals surface area contributed by atoms with E-state index in [9.17, 15) is 4.79 Å². The summed E-state index contributed by atoms with van der Waals surface area (Å²) in [4.78, 5) is 14.5. The molecule has 0 N–H and O–H groups in total. The monoisotopic (exact) mass is 279 g/mol. The van der Waals surface area contributed by atoms with Gasteiger partial charge in [-0.1, -0.05) is 0 Å². The van der Waals surface area contributed by atoms with Gasteiger partial charge in [-0.2, -0.15) is 0 Å². The first-order valence-corrected chi connectivity index (χ1v) is 7.45. The van der Waals surface area contributed by atoms with Crippen molar-refractivity contribution < 1.29 is 9.53 Å². The number of ether oxygens (including phenoxy) is 1. The third kappa shape index (κ3) is 2.44. The van der Waals surface area contributed by atoms with Crippen LogP contribution in [0.15, 0.2) is 18.2 Å². The van der Waals surface area contributed by atoms with Crippen LogP contribution in [0.5, 0.6) is 5.75 Å². The third-order valence-electron chi connectivity index (χ3n) is 4.04.